The fourth-order valence-corrected chi connectivity index (χ4v) is 5.02. The molecule has 4 aliphatic rings. The van der Waals surface area contributed by atoms with E-state index in [2.05, 4.69) is 15.6 Å². The molecule has 1 amide bonds. The van der Waals surface area contributed by atoms with Gasteiger partial charge in [-0.1, -0.05) is 0 Å². The summed E-state index contributed by atoms with van der Waals surface area (Å²) in [6, 6.07) is 2.15. The monoisotopic (exact) mass is 311 g/mol. The van der Waals surface area contributed by atoms with Crippen LogP contribution in [0.5, 0.6) is 0 Å². The van der Waals surface area contributed by atoms with E-state index in [4.69, 9.17) is 4.42 Å². The number of nitrogens with one attached hydrogen (secondary N) is 2. The Bertz CT molecular complexity index is 785. The van der Waals surface area contributed by atoms with Crippen LogP contribution < -0.4 is 10.6 Å². The molecule has 6 rings (SSSR count). The number of aryl methyl sites for hydroxylation is 1. The van der Waals surface area contributed by atoms with Gasteiger partial charge in [0.25, 0.3) is 5.91 Å². The molecule has 120 valence electrons. The second-order valence-electron chi connectivity index (χ2n) is 7.39. The average molecular weight is 311 g/mol. The highest BCUT2D eigenvalue weighted by atomic mass is 16.3. The highest BCUT2D eigenvalue weighted by Gasteiger charge is 2.61. The van der Waals surface area contributed by atoms with E-state index in [1.807, 2.05) is 13.0 Å². The number of hydrogen-bond acceptors (Lipinski definition) is 4. The Morgan fingerprint density at radius 3 is 2.91 bits per heavy atom. The Kier molecular flexibility index (Phi) is 2.69. The Morgan fingerprint density at radius 1 is 1.39 bits per heavy atom. The van der Waals surface area contributed by atoms with Crippen LogP contribution in [0, 0.1) is 18.8 Å². The van der Waals surface area contributed by atoms with E-state index in [0.29, 0.717) is 11.6 Å². The number of furan rings is 1. The highest BCUT2D eigenvalue weighted by Crippen LogP contribution is 2.51. The lowest BCUT2D eigenvalue weighted by Crippen LogP contribution is -2.60. The number of aromatic nitrogens is 1. The second-order valence-corrected chi connectivity index (χ2v) is 7.39. The predicted molar refractivity (Wildman–Crippen MR) is 86.2 cm³/mol. The van der Waals surface area contributed by atoms with Crippen LogP contribution in [-0.2, 0) is 0 Å². The number of hydrogen-bond donors (Lipinski definition) is 2. The molecule has 3 heterocycles. The van der Waals surface area contributed by atoms with Crippen molar-refractivity contribution in [2.75, 3.05) is 6.54 Å². The van der Waals surface area contributed by atoms with Gasteiger partial charge in [-0.2, -0.15) is 0 Å². The smallest absolute Gasteiger partial charge is 0.270 e. The van der Waals surface area contributed by atoms with E-state index in [1.54, 1.807) is 12.5 Å². The first-order valence-corrected chi connectivity index (χ1v) is 8.58. The van der Waals surface area contributed by atoms with Crippen LogP contribution >= 0.6 is 0 Å². The van der Waals surface area contributed by atoms with Crippen molar-refractivity contribution in [3.8, 4) is 0 Å². The maximum Gasteiger partial charge on any atom is 0.270 e. The van der Waals surface area contributed by atoms with Crippen molar-refractivity contribution in [2.45, 2.75) is 44.2 Å². The number of nitrogens with zero attached hydrogens (tertiary/aromatic N) is 1. The van der Waals surface area contributed by atoms with Gasteiger partial charge in [0.1, 0.15) is 5.69 Å². The third kappa shape index (κ3) is 1.83. The van der Waals surface area contributed by atoms with E-state index in [9.17, 15) is 4.79 Å². The zero-order valence-electron chi connectivity index (χ0n) is 13.3. The molecule has 2 bridgehead atoms. The molecule has 5 heteroatoms. The molecule has 2 atom stereocenters. The van der Waals surface area contributed by atoms with Gasteiger partial charge < -0.3 is 15.1 Å². The van der Waals surface area contributed by atoms with Crippen LogP contribution in [0.15, 0.2) is 22.9 Å². The van der Waals surface area contributed by atoms with E-state index < -0.39 is 0 Å². The molecule has 0 radical (unpaired) electrons. The number of carbonyl (C=O) groups excluding carboxylic acids is 1. The molecular weight excluding hydrogens is 290 g/mol. The van der Waals surface area contributed by atoms with Crippen molar-refractivity contribution < 1.29 is 9.21 Å². The molecule has 1 unspecified atom stereocenters. The zero-order valence-corrected chi connectivity index (χ0v) is 13.3. The molecule has 0 aromatic carbocycles. The minimum Gasteiger partial charge on any atom is -0.463 e. The van der Waals surface area contributed by atoms with Crippen LogP contribution in [0.2, 0.25) is 0 Å². The van der Waals surface area contributed by atoms with Gasteiger partial charge in [-0.15, -0.1) is 0 Å². The number of pyridine rings is 1. The molecule has 5 nitrogen and oxygen atoms in total. The minimum absolute atomic E-state index is 0.0452. The van der Waals surface area contributed by atoms with E-state index in [1.165, 1.54) is 25.7 Å². The van der Waals surface area contributed by atoms with E-state index >= 15 is 0 Å². The Hall–Kier alpha value is -1.88. The van der Waals surface area contributed by atoms with Crippen LogP contribution in [0.3, 0.4) is 0 Å². The van der Waals surface area contributed by atoms with Gasteiger partial charge in [0.2, 0.25) is 0 Å². The number of fused-ring (bicyclic) bond motifs is 3. The third-order valence-electron chi connectivity index (χ3n) is 6.38. The first-order valence-electron chi connectivity index (χ1n) is 8.58. The van der Waals surface area contributed by atoms with Crippen LogP contribution in [-0.4, -0.2) is 29.0 Å². The fraction of sp³-hybridized carbons (Fsp3) is 0.556. The minimum atomic E-state index is -0.0452. The zero-order chi connectivity index (χ0) is 15.6. The summed E-state index contributed by atoms with van der Waals surface area (Å²) in [6.07, 6.45) is 8.39. The second kappa shape index (κ2) is 4.57. The van der Waals surface area contributed by atoms with Crippen molar-refractivity contribution in [1.29, 1.82) is 0 Å². The van der Waals surface area contributed by atoms with Gasteiger partial charge in [-0.3, -0.25) is 4.79 Å². The Labute approximate surface area is 134 Å². The standard InChI is InChI=1S/C18H21N3O2/c1-10-13-6-7-23-14(13)8-19-15(10)17(22)21-16-11-2-4-12(5-3-11)18(16)9-20-18/h6-8,11-12,16,20H,2-5,9H2,1H3,(H,21,22)/t11?,12?,16?,18-/m0/s1. The number of amides is 1. The van der Waals surface area contributed by atoms with Crippen molar-refractivity contribution in [2.24, 2.45) is 11.8 Å². The predicted octanol–water partition coefficient (Wildman–Crippen LogP) is 2.40. The lowest BCUT2D eigenvalue weighted by Gasteiger charge is -2.48. The van der Waals surface area contributed by atoms with Gasteiger partial charge in [0.15, 0.2) is 5.58 Å². The Balaban J connectivity index is 1.45. The summed E-state index contributed by atoms with van der Waals surface area (Å²) >= 11 is 0. The first kappa shape index (κ1) is 13.5. The molecule has 3 aliphatic carbocycles. The summed E-state index contributed by atoms with van der Waals surface area (Å²) in [5.41, 5.74) is 2.32. The molecule has 2 aromatic rings. The third-order valence-corrected chi connectivity index (χ3v) is 6.38. The van der Waals surface area contributed by atoms with Gasteiger partial charge in [0.05, 0.1) is 24.0 Å². The van der Waals surface area contributed by atoms with Crippen LogP contribution in [0.1, 0.15) is 41.7 Å². The lowest BCUT2D eigenvalue weighted by atomic mass is 9.61. The number of rotatable bonds is 2. The maximum absolute atomic E-state index is 12.9. The maximum atomic E-state index is 12.9. The molecule has 2 aromatic heterocycles. The highest BCUT2D eigenvalue weighted by molar-refractivity contribution is 5.98. The number of carbonyl (C=O) groups is 1. The SMILES string of the molecule is Cc1c(C(=O)NC2C3CCC(CC3)[C@@]23CN3)ncc2occc12. The molecular formula is C18H21N3O2. The van der Waals surface area contributed by atoms with Gasteiger partial charge in [-0.05, 0) is 56.1 Å². The molecule has 1 spiro atoms. The largest absolute Gasteiger partial charge is 0.463 e. The Morgan fingerprint density at radius 2 is 2.17 bits per heavy atom. The molecule has 1 aliphatic heterocycles. The van der Waals surface area contributed by atoms with Crippen molar-refractivity contribution >= 4 is 16.9 Å². The molecule has 2 N–H and O–H groups in total. The molecule has 3 saturated carbocycles. The molecule has 4 fully saturated rings. The topological polar surface area (TPSA) is 77.1 Å². The molecule has 23 heavy (non-hydrogen) atoms. The van der Waals surface area contributed by atoms with Gasteiger partial charge in [-0.25, -0.2) is 4.98 Å². The van der Waals surface area contributed by atoms with E-state index in [0.717, 1.165) is 29.0 Å². The summed E-state index contributed by atoms with van der Waals surface area (Å²) in [4.78, 5) is 17.2. The summed E-state index contributed by atoms with van der Waals surface area (Å²) in [5.74, 6) is 1.29. The summed E-state index contributed by atoms with van der Waals surface area (Å²) in [5, 5.41) is 7.87. The van der Waals surface area contributed by atoms with Gasteiger partial charge >= 0.3 is 0 Å². The normalized spacial score (nSPS) is 34.9. The summed E-state index contributed by atoms with van der Waals surface area (Å²) < 4.78 is 5.36. The van der Waals surface area contributed by atoms with Crippen molar-refractivity contribution in [3.05, 3.63) is 29.8 Å². The quantitative estimate of drug-likeness (QED) is 0.835. The first-order chi connectivity index (χ1) is 11.2. The fourth-order valence-electron chi connectivity index (χ4n) is 5.02. The van der Waals surface area contributed by atoms with E-state index in [-0.39, 0.29) is 17.5 Å². The van der Waals surface area contributed by atoms with Crippen LogP contribution in [0.25, 0.3) is 11.0 Å². The summed E-state index contributed by atoms with van der Waals surface area (Å²) in [6.45, 7) is 2.99. The van der Waals surface area contributed by atoms with Gasteiger partial charge in [0, 0.05) is 11.9 Å². The van der Waals surface area contributed by atoms with Crippen molar-refractivity contribution in [1.82, 2.24) is 15.6 Å². The van der Waals surface area contributed by atoms with Crippen LogP contribution in [0.4, 0.5) is 0 Å². The lowest BCUT2D eigenvalue weighted by molar-refractivity contribution is 0.0631. The summed E-state index contributed by atoms with van der Waals surface area (Å²) in [7, 11) is 0. The molecule has 1 saturated heterocycles. The average Bonchev–Trinajstić information content (AvgIpc) is 3.18. The van der Waals surface area contributed by atoms with Crippen molar-refractivity contribution in [3.63, 3.8) is 0 Å².